The highest BCUT2D eigenvalue weighted by atomic mass is 35.5. The van der Waals surface area contributed by atoms with Crippen molar-refractivity contribution >= 4 is 23.2 Å². The highest BCUT2D eigenvalue weighted by Gasteiger charge is 2.11. The zero-order valence-electron chi connectivity index (χ0n) is 15.4. The van der Waals surface area contributed by atoms with E-state index in [-0.39, 0.29) is 12.5 Å². The molecule has 1 N–H and O–H groups in total. The highest BCUT2D eigenvalue weighted by Crippen LogP contribution is 2.30. The third-order valence-electron chi connectivity index (χ3n) is 4.25. The molecule has 3 rings (SSSR count). The summed E-state index contributed by atoms with van der Waals surface area (Å²) < 4.78 is 5.62. The topological polar surface area (TPSA) is 38.3 Å². The molecule has 0 saturated carbocycles. The number of nitrogens with one attached hydrogen (secondary N) is 1. The van der Waals surface area contributed by atoms with E-state index in [2.05, 4.69) is 19.2 Å². The van der Waals surface area contributed by atoms with Gasteiger partial charge in [-0.15, -0.1) is 0 Å². The smallest absolute Gasteiger partial charge is 0.262 e. The second kappa shape index (κ2) is 8.74. The third-order valence-corrected chi connectivity index (χ3v) is 4.55. The number of halogens is 1. The summed E-state index contributed by atoms with van der Waals surface area (Å²) in [6.07, 6.45) is 0. The second-order valence-corrected chi connectivity index (χ2v) is 7.00. The summed E-state index contributed by atoms with van der Waals surface area (Å²) in [5.74, 6) is 0.595. The summed E-state index contributed by atoms with van der Waals surface area (Å²) in [4.78, 5) is 12.3. The first-order chi connectivity index (χ1) is 13.0. The minimum absolute atomic E-state index is 0.100. The van der Waals surface area contributed by atoms with Crippen molar-refractivity contribution in [2.24, 2.45) is 0 Å². The van der Waals surface area contributed by atoms with Crippen molar-refractivity contribution in [1.29, 1.82) is 0 Å². The zero-order chi connectivity index (χ0) is 19.2. The van der Waals surface area contributed by atoms with Crippen LogP contribution in [0.1, 0.15) is 25.3 Å². The summed E-state index contributed by atoms with van der Waals surface area (Å²) in [5.41, 5.74) is 3.99. The van der Waals surface area contributed by atoms with E-state index in [1.54, 1.807) is 6.07 Å². The van der Waals surface area contributed by atoms with Gasteiger partial charge in [-0.1, -0.05) is 80.0 Å². The number of hydrogen-bond acceptors (Lipinski definition) is 2. The summed E-state index contributed by atoms with van der Waals surface area (Å²) >= 11 is 6.33. The van der Waals surface area contributed by atoms with E-state index in [0.717, 1.165) is 22.4 Å². The van der Waals surface area contributed by atoms with Crippen LogP contribution in [0.5, 0.6) is 5.75 Å². The molecule has 0 radical (unpaired) electrons. The van der Waals surface area contributed by atoms with Gasteiger partial charge in [0.05, 0.1) is 5.02 Å². The largest absolute Gasteiger partial charge is 0.482 e. The van der Waals surface area contributed by atoms with Crippen LogP contribution in [0.15, 0.2) is 72.8 Å². The number of ether oxygens (including phenoxy) is 1. The normalized spacial score (nSPS) is 10.7. The molecule has 1 amide bonds. The molecule has 0 aliphatic carbocycles. The lowest BCUT2D eigenvalue weighted by Gasteiger charge is -2.14. The number of rotatable bonds is 6. The quantitative estimate of drug-likeness (QED) is 0.558. The zero-order valence-corrected chi connectivity index (χ0v) is 16.2. The molecule has 0 atom stereocenters. The monoisotopic (exact) mass is 379 g/mol. The number of benzene rings is 3. The average molecular weight is 380 g/mol. The Morgan fingerprint density at radius 3 is 2.37 bits per heavy atom. The Balaban J connectivity index is 1.64. The van der Waals surface area contributed by atoms with E-state index in [9.17, 15) is 4.79 Å². The Morgan fingerprint density at radius 1 is 0.963 bits per heavy atom. The van der Waals surface area contributed by atoms with Crippen LogP contribution in [0, 0.1) is 0 Å². The van der Waals surface area contributed by atoms with Crippen molar-refractivity contribution < 1.29 is 9.53 Å². The Morgan fingerprint density at radius 2 is 1.67 bits per heavy atom. The standard InChI is InChI=1S/C23H22ClNO2/c1-16(2)19-10-6-7-11-21(19)25-23(26)15-27-22-13-12-18(14-20(22)24)17-8-4-3-5-9-17/h3-14,16H,15H2,1-2H3,(H,25,26). The molecule has 0 fully saturated rings. The van der Waals surface area contributed by atoms with Gasteiger partial charge in [0, 0.05) is 5.69 Å². The Kier molecular flexibility index (Phi) is 6.15. The van der Waals surface area contributed by atoms with Crippen LogP contribution < -0.4 is 10.1 Å². The van der Waals surface area contributed by atoms with Crippen LogP contribution in [0.4, 0.5) is 5.69 Å². The molecule has 3 aromatic carbocycles. The lowest BCUT2D eigenvalue weighted by molar-refractivity contribution is -0.118. The molecule has 0 bridgehead atoms. The molecule has 0 aliphatic rings. The molecular formula is C23H22ClNO2. The van der Waals surface area contributed by atoms with E-state index in [0.29, 0.717) is 16.7 Å². The van der Waals surface area contributed by atoms with Crippen molar-refractivity contribution in [1.82, 2.24) is 0 Å². The number of hydrogen-bond donors (Lipinski definition) is 1. The van der Waals surface area contributed by atoms with Crippen LogP contribution in [0.25, 0.3) is 11.1 Å². The summed E-state index contributed by atoms with van der Waals surface area (Å²) in [6, 6.07) is 23.3. The van der Waals surface area contributed by atoms with Gasteiger partial charge in [-0.05, 0) is 40.8 Å². The van der Waals surface area contributed by atoms with Gasteiger partial charge in [-0.3, -0.25) is 4.79 Å². The molecular weight excluding hydrogens is 358 g/mol. The molecule has 0 saturated heterocycles. The minimum atomic E-state index is -0.216. The molecule has 27 heavy (non-hydrogen) atoms. The van der Waals surface area contributed by atoms with E-state index in [1.807, 2.05) is 66.7 Å². The van der Waals surface area contributed by atoms with Gasteiger partial charge < -0.3 is 10.1 Å². The number of carbonyl (C=O) groups is 1. The fourth-order valence-electron chi connectivity index (χ4n) is 2.87. The van der Waals surface area contributed by atoms with Gasteiger partial charge in [0.15, 0.2) is 6.61 Å². The molecule has 0 aliphatic heterocycles. The van der Waals surface area contributed by atoms with Gasteiger partial charge >= 0.3 is 0 Å². The SMILES string of the molecule is CC(C)c1ccccc1NC(=O)COc1ccc(-c2ccccc2)cc1Cl. The number of anilines is 1. The van der Waals surface area contributed by atoms with Gasteiger partial charge in [-0.2, -0.15) is 0 Å². The van der Waals surface area contributed by atoms with Crippen LogP contribution in [-0.4, -0.2) is 12.5 Å². The van der Waals surface area contributed by atoms with Crippen LogP contribution >= 0.6 is 11.6 Å². The van der Waals surface area contributed by atoms with Gasteiger partial charge in [0.1, 0.15) is 5.75 Å². The fraction of sp³-hybridized carbons (Fsp3) is 0.174. The average Bonchev–Trinajstić information content (AvgIpc) is 2.68. The van der Waals surface area contributed by atoms with E-state index in [1.165, 1.54) is 0 Å². The minimum Gasteiger partial charge on any atom is -0.482 e. The second-order valence-electron chi connectivity index (χ2n) is 6.59. The Labute approximate surface area is 164 Å². The molecule has 3 nitrogen and oxygen atoms in total. The summed E-state index contributed by atoms with van der Waals surface area (Å²) in [7, 11) is 0. The molecule has 0 heterocycles. The van der Waals surface area contributed by atoms with Gasteiger partial charge in [-0.25, -0.2) is 0 Å². The van der Waals surface area contributed by atoms with Gasteiger partial charge in [0.2, 0.25) is 0 Å². The maximum Gasteiger partial charge on any atom is 0.262 e. The lowest BCUT2D eigenvalue weighted by atomic mass is 10.0. The fourth-order valence-corrected chi connectivity index (χ4v) is 3.11. The Bertz CT molecular complexity index is 923. The molecule has 0 unspecified atom stereocenters. The van der Waals surface area contributed by atoms with Crippen LogP contribution in [0.3, 0.4) is 0 Å². The van der Waals surface area contributed by atoms with Gasteiger partial charge in [0.25, 0.3) is 5.91 Å². The van der Waals surface area contributed by atoms with E-state index < -0.39 is 0 Å². The number of amides is 1. The maximum atomic E-state index is 12.3. The van der Waals surface area contributed by atoms with Crippen molar-refractivity contribution in [3.63, 3.8) is 0 Å². The van der Waals surface area contributed by atoms with Crippen LogP contribution in [0.2, 0.25) is 5.02 Å². The maximum absolute atomic E-state index is 12.3. The lowest BCUT2D eigenvalue weighted by Crippen LogP contribution is -2.21. The number of para-hydroxylation sites is 1. The number of carbonyl (C=O) groups excluding carboxylic acids is 1. The first kappa shape index (κ1) is 19.0. The highest BCUT2D eigenvalue weighted by molar-refractivity contribution is 6.32. The molecule has 138 valence electrons. The summed E-state index contributed by atoms with van der Waals surface area (Å²) in [5, 5.41) is 3.39. The van der Waals surface area contributed by atoms with Crippen molar-refractivity contribution in [2.75, 3.05) is 11.9 Å². The first-order valence-corrected chi connectivity index (χ1v) is 9.29. The first-order valence-electron chi connectivity index (χ1n) is 8.91. The van der Waals surface area contributed by atoms with Crippen molar-refractivity contribution in [3.8, 4) is 16.9 Å². The molecule has 0 spiro atoms. The predicted molar refractivity (Wildman–Crippen MR) is 112 cm³/mol. The molecule has 0 aromatic heterocycles. The summed E-state index contributed by atoms with van der Waals surface area (Å²) in [6.45, 7) is 4.09. The van der Waals surface area contributed by atoms with Crippen molar-refractivity contribution in [3.05, 3.63) is 83.4 Å². The predicted octanol–water partition coefficient (Wildman–Crippen LogP) is 6.15. The van der Waals surface area contributed by atoms with Crippen molar-refractivity contribution in [2.45, 2.75) is 19.8 Å². The Hall–Kier alpha value is -2.78. The molecule has 3 aromatic rings. The van der Waals surface area contributed by atoms with Crippen LogP contribution in [-0.2, 0) is 4.79 Å². The molecule has 4 heteroatoms. The van der Waals surface area contributed by atoms with E-state index >= 15 is 0 Å². The van der Waals surface area contributed by atoms with E-state index in [4.69, 9.17) is 16.3 Å². The third kappa shape index (κ3) is 4.89.